The minimum absolute atomic E-state index is 0.282. The summed E-state index contributed by atoms with van der Waals surface area (Å²) >= 11 is 0. The normalized spacial score (nSPS) is 12.6. The van der Waals surface area contributed by atoms with Gasteiger partial charge in [-0.05, 0) is 130 Å². The molecule has 0 radical (unpaired) electrons. The molecule has 7 heterocycles. The number of anilines is 3. The molecule has 24 rings (SSSR count). The molecule has 2 aliphatic rings. The summed E-state index contributed by atoms with van der Waals surface area (Å²) in [4.78, 5) is 2.58. The topological polar surface area (TPSA) is 37.1 Å². The van der Waals surface area contributed by atoms with Gasteiger partial charge >= 0.3 is 0 Å². The van der Waals surface area contributed by atoms with E-state index in [4.69, 9.17) is 4.74 Å². The first-order valence-corrected chi connectivity index (χ1v) is 37.9. The van der Waals surface area contributed by atoms with E-state index in [9.17, 15) is 0 Å². The van der Waals surface area contributed by atoms with Gasteiger partial charge in [-0.15, -0.1) is 0 Å². The molecule has 0 N–H and O–H groups in total. The molecular weight excluding hydrogens is 1340 g/mol. The highest BCUT2D eigenvalue weighted by Gasteiger charge is 2.44. The Hall–Kier alpha value is -14.6. The third-order valence-electron chi connectivity index (χ3n) is 23.7. The molecule has 0 amide bonds. The Kier molecular flexibility index (Phi) is 12.9. The van der Waals surface area contributed by atoms with E-state index in [1.54, 1.807) is 0 Å². The highest BCUT2D eigenvalue weighted by molar-refractivity contribution is 6.99. The summed E-state index contributed by atoms with van der Waals surface area (Å²) in [6.45, 7) is -0.282. The number of nitrogens with zero attached hydrogens (tertiary/aromatic N) is 6. The second-order valence-electron chi connectivity index (χ2n) is 29.4. The first-order chi connectivity index (χ1) is 54.6. The van der Waals surface area contributed by atoms with Gasteiger partial charge in [-0.1, -0.05) is 279 Å². The summed E-state index contributed by atoms with van der Waals surface area (Å²) in [5, 5.41) is 12.0. The predicted molar refractivity (Wildman–Crippen MR) is 460 cm³/mol. The lowest BCUT2D eigenvalue weighted by molar-refractivity contribution is 0.487. The summed E-state index contributed by atoms with van der Waals surface area (Å²) in [5.41, 5.74) is 29.8. The van der Waals surface area contributed by atoms with Gasteiger partial charge in [-0.2, -0.15) is 0 Å². The largest absolute Gasteiger partial charge is 0.458 e. The molecule has 0 unspecified atom stereocenters. The zero-order valence-electron chi connectivity index (χ0n) is 59.5. The number of para-hydroxylation sites is 13. The molecule has 510 valence electrons. The van der Waals surface area contributed by atoms with E-state index in [-0.39, 0.29) is 6.71 Å². The third-order valence-corrected chi connectivity index (χ3v) is 23.7. The number of ether oxygens (including phenoxy) is 1. The van der Waals surface area contributed by atoms with E-state index in [0.717, 1.165) is 156 Å². The van der Waals surface area contributed by atoms with E-state index < -0.39 is 0 Å². The quantitative estimate of drug-likeness (QED) is 0.135. The van der Waals surface area contributed by atoms with E-state index in [0.29, 0.717) is 0 Å². The monoisotopic (exact) mass is 1400 g/mol. The minimum Gasteiger partial charge on any atom is -0.458 e. The number of hydrogen-bond acceptors (Lipinski definition) is 2. The van der Waals surface area contributed by atoms with E-state index in [1.807, 2.05) is 0 Å². The molecule has 0 saturated heterocycles. The van der Waals surface area contributed by atoms with Gasteiger partial charge in [0, 0.05) is 88.0 Å². The molecular formula is C102H63BN6O. The van der Waals surface area contributed by atoms with Crippen molar-refractivity contribution in [2.24, 2.45) is 0 Å². The molecule has 8 heteroatoms. The maximum Gasteiger partial charge on any atom is 0.256 e. The van der Waals surface area contributed by atoms with Gasteiger partial charge < -0.3 is 32.5 Å². The van der Waals surface area contributed by atoms with Gasteiger partial charge in [0.05, 0.1) is 89.3 Å². The Morgan fingerprint density at radius 3 is 0.964 bits per heavy atom. The van der Waals surface area contributed by atoms with Crippen molar-refractivity contribution in [3.8, 4) is 73.3 Å². The van der Waals surface area contributed by atoms with Crippen molar-refractivity contribution < 1.29 is 4.74 Å². The van der Waals surface area contributed by atoms with Crippen LogP contribution in [-0.4, -0.2) is 29.5 Å². The van der Waals surface area contributed by atoms with Crippen molar-refractivity contribution in [3.63, 3.8) is 0 Å². The fourth-order valence-corrected chi connectivity index (χ4v) is 19.2. The van der Waals surface area contributed by atoms with Crippen LogP contribution in [-0.2, 0) is 0 Å². The number of rotatable bonds is 9. The predicted octanol–water partition coefficient (Wildman–Crippen LogP) is 24.6. The fourth-order valence-electron chi connectivity index (χ4n) is 19.2. The summed E-state index contributed by atoms with van der Waals surface area (Å²) < 4.78 is 20.4. The SMILES string of the molecule is c1ccc(-c2ccccc2N2c3cc(-c4cccc(-n5c6ccccc6c6ccccc65)c4-n4c5ccccc5c5ccccc54)ccc3B3c4ccc(-c5cccc(-n6c7ccccc7c7ccccc76)c5-n5c6ccccc6c6ccccc65)cc4Oc4cc(-n5c6ccccc6c6ccccc65)cc2c43)cc1. The molecule has 0 aliphatic carbocycles. The molecule has 2 aliphatic heterocycles. The van der Waals surface area contributed by atoms with Crippen LogP contribution in [0, 0.1) is 0 Å². The van der Waals surface area contributed by atoms with Crippen LogP contribution in [0.4, 0.5) is 17.1 Å². The zero-order chi connectivity index (χ0) is 71.8. The van der Waals surface area contributed by atoms with Crippen molar-refractivity contribution in [2.75, 3.05) is 4.90 Å². The van der Waals surface area contributed by atoms with Crippen LogP contribution in [0.25, 0.3) is 171 Å². The van der Waals surface area contributed by atoms with Gasteiger partial charge in [0.25, 0.3) is 6.71 Å². The lowest BCUT2D eigenvalue weighted by Gasteiger charge is -2.41. The molecule has 110 heavy (non-hydrogen) atoms. The molecule has 0 spiro atoms. The maximum atomic E-state index is 7.93. The van der Waals surface area contributed by atoms with Crippen molar-refractivity contribution in [1.29, 1.82) is 0 Å². The Balaban J connectivity index is 0.798. The fraction of sp³-hybridized carbons (Fsp3) is 0. The lowest BCUT2D eigenvalue weighted by Crippen LogP contribution is -2.59. The van der Waals surface area contributed by atoms with Gasteiger partial charge in [-0.25, -0.2) is 0 Å². The molecule has 7 nitrogen and oxygen atoms in total. The Morgan fingerprint density at radius 2 is 0.536 bits per heavy atom. The van der Waals surface area contributed by atoms with E-state index in [2.05, 4.69) is 410 Å². The van der Waals surface area contributed by atoms with Gasteiger partial charge in [0.2, 0.25) is 0 Å². The van der Waals surface area contributed by atoms with Crippen molar-refractivity contribution >= 4 is 149 Å². The number of hydrogen-bond donors (Lipinski definition) is 0. The molecule has 0 bridgehead atoms. The van der Waals surface area contributed by atoms with Gasteiger partial charge in [-0.3, -0.25) is 0 Å². The Labute approximate surface area is 633 Å². The standard InChI is InChI=1S/C102H63BN6O/c1-2-28-64(29-3-1)68-30-4-15-43-83(68)107-96-60-65(69-41-26-54-94(105-86-46-18-7-33-73(86)74-34-8-19-47-87(74)105)101(69)108-90-50-22-11-37-77(90)78-38-12-23-51-91(78)108)56-58-81(96)103-82-59-57-66(61-98(82)110-99-63-67(62-97(107)100(99)103)104-84-44-16-5-31-71(84)72-32-6-17-45-85(72)104)70-42-27-55-95(106-88-48-20-9-35-75(88)76-36-10-21-49-89(76)106)102(70)109-92-52-24-13-39-79(92)80-40-14-25-53-93(80)109/h1-63H. The molecule has 0 fully saturated rings. The third kappa shape index (κ3) is 8.61. The van der Waals surface area contributed by atoms with Crippen LogP contribution < -0.4 is 26.0 Å². The lowest BCUT2D eigenvalue weighted by atomic mass is 9.34. The van der Waals surface area contributed by atoms with Gasteiger partial charge in [0.15, 0.2) is 0 Å². The van der Waals surface area contributed by atoms with Crippen LogP contribution in [0.15, 0.2) is 382 Å². The highest BCUT2D eigenvalue weighted by Crippen LogP contribution is 2.51. The first kappa shape index (κ1) is 60.6. The van der Waals surface area contributed by atoms with Crippen LogP contribution >= 0.6 is 0 Å². The van der Waals surface area contributed by atoms with E-state index >= 15 is 0 Å². The molecule has 22 aromatic rings. The Bertz CT molecular complexity index is 7410. The van der Waals surface area contributed by atoms with Crippen LogP contribution in [0.1, 0.15) is 0 Å². The van der Waals surface area contributed by atoms with Crippen LogP contribution in [0.2, 0.25) is 0 Å². The molecule has 17 aromatic carbocycles. The Morgan fingerprint density at radius 1 is 0.200 bits per heavy atom. The highest BCUT2D eigenvalue weighted by atomic mass is 16.5. The second kappa shape index (κ2) is 23.5. The molecule has 0 saturated carbocycles. The smallest absolute Gasteiger partial charge is 0.256 e. The van der Waals surface area contributed by atoms with Crippen LogP contribution in [0.3, 0.4) is 0 Å². The second-order valence-corrected chi connectivity index (χ2v) is 29.4. The summed E-state index contributed by atoms with van der Waals surface area (Å²) in [6, 6.07) is 142. The number of aromatic nitrogens is 5. The summed E-state index contributed by atoms with van der Waals surface area (Å²) in [7, 11) is 0. The zero-order valence-corrected chi connectivity index (χ0v) is 59.5. The van der Waals surface area contributed by atoms with E-state index in [1.165, 1.54) is 59.3 Å². The van der Waals surface area contributed by atoms with Crippen LogP contribution in [0.5, 0.6) is 11.5 Å². The number of benzene rings is 17. The average Bonchev–Trinajstić information content (AvgIpc) is 1.08. The first-order valence-electron chi connectivity index (χ1n) is 37.9. The van der Waals surface area contributed by atoms with Crippen molar-refractivity contribution in [3.05, 3.63) is 382 Å². The maximum absolute atomic E-state index is 7.93. The molecule has 5 aromatic heterocycles. The summed E-state index contributed by atoms with van der Waals surface area (Å²) in [5.74, 6) is 1.61. The number of fused-ring (bicyclic) bond motifs is 19. The van der Waals surface area contributed by atoms with Crippen molar-refractivity contribution in [1.82, 2.24) is 22.8 Å². The average molecular weight is 1400 g/mol. The van der Waals surface area contributed by atoms with Crippen molar-refractivity contribution in [2.45, 2.75) is 0 Å². The summed E-state index contributed by atoms with van der Waals surface area (Å²) in [6.07, 6.45) is 0. The minimum atomic E-state index is -0.282. The molecule has 0 atom stereocenters. The van der Waals surface area contributed by atoms with Gasteiger partial charge in [0.1, 0.15) is 11.5 Å².